The predicted molar refractivity (Wildman–Crippen MR) is 21.0 cm³/mol. The van der Waals surface area contributed by atoms with Gasteiger partial charge in [0.25, 0.3) is 0 Å². The molecule has 0 aliphatic carbocycles. The van der Waals surface area contributed by atoms with E-state index in [1.807, 2.05) is 0 Å². The van der Waals surface area contributed by atoms with E-state index in [2.05, 4.69) is 16.3 Å². The van der Waals surface area contributed by atoms with Crippen molar-refractivity contribution in [2.75, 3.05) is 0 Å². The first-order valence-electron chi connectivity index (χ1n) is 1.60. The normalized spacial score (nSPS) is 8.83. The van der Waals surface area contributed by atoms with Crippen molar-refractivity contribution in [3.63, 3.8) is 0 Å². The molecule has 1 aromatic heterocycles. The third-order valence-corrected chi connectivity index (χ3v) is 0.483. The van der Waals surface area contributed by atoms with Gasteiger partial charge < -0.3 is 4.42 Å². The van der Waals surface area contributed by atoms with Crippen LogP contribution in [0.25, 0.3) is 0 Å². The summed E-state index contributed by atoms with van der Waals surface area (Å²) in [5, 5.41) is 0. The minimum absolute atomic E-state index is 0.606. The highest BCUT2D eigenvalue weighted by molar-refractivity contribution is 4.90. The number of aromatic nitrogens is 1. The summed E-state index contributed by atoms with van der Waals surface area (Å²) in [4.78, 5) is 3.59. The first-order valence-corrected chi connectivity index (χ1v) is 1.60. The SMILES string of the molecule is [CH2]c1cnco1. The Morgan fingerprint density at radius 2 is 2.67 bits per heavy atom. The lowest BCUT2D eigenvalue weighted by atomic mass is 10.6. The van der Waals surface area contributed by atoms with Crippen LogP contribution in [0, 0.1) is 6.92 Å². The number of hydrogen-bond acceptors (Lipinski definition) is 2. The van der Waals surface area contributed by atoms with Gasteiger partial charge in [0.05, 0.1) is 6.20 Å². The number of hydrogen-bond donors (Lipinski definition) is 0. The fraction of sp³-hybridized carbons (Fsp3) is 0. The molecule has 2 heteroatoms. The standard InChI is InChI=1S/C4H4NO/c1-4-2-5-3-6-4/h2-3H,1H2. The van der Waals surface area contributed by atoms with Crippen LogP contribution < -0.4 is 0 Å². The minimum atomic E-state index is 0.606. The van der Waals surface area contributed by atoms with Crippen LogP contribution in [0.3, 0.4) is 0 Å². The Morgan fingerprint density at radius 3 is 2.83 bits per heavy atom. The fourth-order valence-electron chi connectivity index (χ4n) is 0.242. The molecule has 0 N–H and O–H groups in total. The lowest BCUT2D eigenvalue weighted by molar-refractivity contribution is 0.540. The second-order valence-electron chi connectivity index (χ2n) is 0.968. The van der Waals surface area contributed by atoms with Crippen LogP contribution in [0.2, 0.25) is 0 Å². The van der Waals surface area contributed by atoms with Crippen molar-refractivity contribution in [2.45, 2.75) is 0 Å². The average Bonchev–Trinajstić information content (AvgIpc) is 1.86. The first kappa shape index (κ1) is 3.40. The summed E-state index contributed by atoms with van der Waals surface area (Å²) in [7, 11) is 0. The van der Waals surface area contributed by atoms with E-state index in [0.717, 1.165) is 0 Å². The maximum Gasteiger partial charge on any atom is 0.180 e. The summed E-state index contributed by atoms with van der Waals surface area (Å²) in [5.41, 5.74) is 0. The molecule has 0 unspecified atom stereocenters. The first-order chi connectivity index (χ1) is 2.89. The van der Waals surface area contributed by atoms with E-state index < -0.39 is 0 Å². The monoisotopic (exact) mass is 82.0 g/mol. The van der Waals surface area contributed by atoms with Gasteiger partial charge in [-0.15, -0.1) is 0 Å². The molecule has 0 aromatic carbocycles. The molecule has 0 saturated heterocycles. The van der Waals surface area contributed by atoms with Gasteiger partial charge in [-0.25, -0.2) is 4.98 Å². The predicted octanol–water partition coefficient (Wildman–Crippen LogP) is 0.857. The Bertz CT molecular complexity index is 111. The highest BCUT2D eigenvalue weighted by Gasteiger charge is 1.77. The third-order valence-electron chi connectivity index (χ3n) is 0.483. The lowest BCUT2D eigenvalue weighted by Crippen LogP contribution is -1.50. The molecule has 6 heavy (non-hydrogen) atoms. The second kappa shape index (κ2) is 1.12. The van der Waals surface area contributed by atoms with E-state index in [4.69, 9.17) is 0 Å². The molecule has 0 amide bonds. The molecule has 1 rings (SSSR count). The lowest BCUT2D eigenvalue weighted by Gasteiger charge is -1.65. The molecular formula is C4H4NO. The van der Waals surface area contributed by atoms with E-state index in [9.17, 15) is 0 Å². The Balaban J connectivity index is 3.05. The van der Waals surface area contributed by atoms with Crippen LogP contribution in [0.4, 0.5) is 0 Å². The van der Waals surface area contributed by atoms with Gasteiger partial charge in [-0.3, -0.25) is 0 Å². The van der Waals surface area contributed by atoms with Gasteiger partial charge in [-0.2, -0.15) is 0 Å². The molecule has 2 nitrogen and oxygen atoms in total. The maximum atomic E-state index is 4.61. The van der Waals surface area contributed by atoms with Crippen molar-refractivity contribution in [3.8, 4) is 0 Å². The van der Waals surface area contributed by atoms with E-state index in [-0.39, 0.29) is 0 Å². The van der Waals surface area contributed by atoms with Crippen LogP contribution in [-0.2, 0) is 0 Å². The van der Waals surface area contributed by atoms with Crippen LogP contribution in [-0.4, -0.2) is 4.98 Å². The Labute approximate surface area is 35.8 Å². The van der Waals surface area contributed by atoms with Crippen molar-refractivity contribution < 1.29 is 4.42 Å². The molecule has 31 valence electrons. The Hall–Kier alpha value is -0.790. The number of oxazole rings is 1. The van der Waals surface area contributed by atoms with Crippen LogP contribution in [0.5, 0.6) is 0 Å². The van der Waals surface area contributed by atoms with E-state index >= 15 is 0 Å². The van der Waals surface area contributed by atoms with E-state index in [1.165, 1.54) is 6.39 Å². The molecule has 1 heterocycles. The Morgan fingerprint density at radius 1 is 1.83 bits per heavy atom. The van der Waals surface area contributed by atoms with Crippen molar-refractivity contribution in [1.29, 1.82) is 0 Å². The largest absolute Gasteiger partial charge is 0.449 e. The molecule has 0 aliphatic heterocycles. The van der Waals surface area contributed by atoms with E-state index in [1.54, 1.807) is 6.20 Å². The van der Waals surface area contributed by atoms with Gasteiger partial charge in [0.2, 0.25) is 0 Å². The van der Waals surface area contributed by atoms with E-state index in [0.29, 0.717) is 5.76 Å². The molecule has 0 saturated carbocycles. The van der Waals surface area contributed by atoms with Crippen molar-refractivity contribution in [1.82, 2.24) is 4.98 Å². The van der Waals surface area contributed by atoms with Gasteiger partial charge in [-0.1, -0.05) is 0 Å². The fourth-order valence-corrected chi connectivity index (χ4v) is 0.242. The second-order valence-corrected chi connectivity index (χ2v) is 0.968. The minimum Gasteiger partial charge on any atom is -0.449 e. The molecule has 0 aliphatic rings. The summed E-state index contributed by atoms with van der Waals surface area (Å²) in [6.07, 6.45) is 2.91. The zero-order valence-electron chi connectivity index (χ0n) is 3.22. The number of rotatable bonds is 0. The highest BCUT2D eigenvalue weighted by Crippen LogP contribution is 1.88. The van der Waals surface area contributed by atoms with Crippen LogP contribution in [0.15, 0.2) is 17.0 Å². The zero-order valence-corrected chi connectivity index (χ0v) is 3.22. The Kier molecular flexibility index (Phi) is 0.638. The topological polar surface area (TPSA) is 26.0 Å². The van der Waals surface area contributed by atoms with Gasteiger partial charge in [-0.05, 0) is 0 Å². The molecule has 1 radical (unpaired) electrons. The van der Waals surface area contributed by atoms with Gasteiger partial charge in [0, 0.05) is 6.92 Å². The summed E-state index contributed by atoms with van der Waals surface area (Å²) in [5.74, 6) is 0.606. The summed E-state index contributed by atoms with van der Waals surface area (Å²) >= 11 is 0. The summed E-state index contributed by atoms with van der Waals surface area (Å²) in [6.45, 7) is 3.45. The van der Waals surface area contributed by atoms with Crippen molar-refractivity contribution >= 4 is 0 Å². The van der Waals surface area contributed by atoms with Gasteiger partial charge in [0.15, 0.2) is 6.39 Å². The quantitative estimate of drug-likeness (QED) is 0.464. The number of nitrogens with zero attached hydrogens (tertiary/aromatic N) is 1. The summed E-state index contributed by atoms with van der Waals surface area (Å²) < 4.78 is 4.61. The third kappa shape index (κ3) is 0.407. The molecule has 1 aromatic rings. The smallest absolute Gasteiger partial charge is 0.180 e. The zero-order chi connectivity index (χ0) is 4.41. The average molecular weight is 82.1 g/mol. The molecule has 0 fully saturated rings. The van der Waals surface area contributed by atoms with Crippen molar-refractivity contribution in [2.24, 2.45) is 0 Å². The highest BCUT2D eigenvalue weighted by atomic mass is 16.3. The van der Waals surface area contributed by atoms with Crippen LogP contribution >= 0.6 is 0 Å². The van der Waals surface area contributed by atoms with Gasteiger partial charge >= 0.3 is 0 Å². The molecule has 0 bridgehead atoms. The summed E-state index contributed by atoms with van der Waals surface area (Å²) in [6, 6.07) is 0. The van der Waals surface area contributed by atoms with Crippen LogP contribution in [0.1, 0.15) is 5.76 Å². The maximum absolute atomic E-state index is 4.61. The molecule has 0 spiro atoms. The van der Waals surface area contributed by atoms with Gasteiger partial charge in [0.1, 0.15) is 5.76 Å². The molecular weight excluding hydrogens is 78.0 g/mol. The van der Waals surface area contributed by atoms with Crippen molar-refractivity contribution in [3.05, 3.63) is 25.3 Å². The molecule has 0 atom stereocenters.